The lowest BCUT2D eigenvalue weighted by Crippen LogP contribution is -2.48. The molecule has 0 unspecified atom stereocenters. The summed E-state index contributed by atoms with van der Waals surface area (Å²) in [5.41, 5.74) is 6.86. The van der Waals surface area contributed by atoms with Gasteiger partial charge in [-0.15, -0.1) is 0 Å². The van der Waals surface area contributed by atoms with Crippen molar-refractivity contribution in [1.82, 2.24) is 0 Å². The molecule has 0 N–H and O–H groups in total. The lowest BCUT2D eigenvalue weighted by molar-refractivity contribution is -0.114. The molecule has 0 saturated heterocycles. The predicted octanol–water partition coefficient (Wildman–Crippen LogP) is 8.17. The van der Waals surface area contributed by atoms with E-state index in [0.29, 0.717) is 0 Å². The van der Waals surface area contributed by atoms with Crippen molar-refractivity contribution >= 4 is 17.2 Å². The molecular weight excluding hydrogens is 450 g/mol. The van der Waals surface area contributed by atoms with Crippen molar-refractivity contribution in [3.8, 4) is 0 Å². The van der Waals surface area contributed by atoms with Crippen LogP contribution in [-0.4, -0.2) is 11.4 Å². The number of fused-ring (bicyclic) bond motifs is 1. The summed E-state index contributed by atoms with van der Waals surface area (Å²) in [6.07, 6.45) is 5.66. The van der Waals surface area contributed by atoms with Gasteiger partial charge in [0.05, 0.1) is 16.6 Å². The molecule has 0 spiro atoms. The number of allylic oxidation sites excluding steroid dienone is 2. The van der Waals surface area contributed by atoms with Crippen LogP contribution in [0.25, 0.3) is 5.57 Å². The molecule has 1 amide bonds. The van der Waals surface area contributed by atoms with Crippen molar-refractivity contribution in [2.24, 2.45) is 0 Å². The van der Waals surface area contributed by atoms with Crippen LogP contribution in [0.5, 0.6) is 0 Å². The van der Waals surface area contributed by atoms with Crippen molar-refractivity contribution in [2.75, 3.05) is 4.90 Å². The van der Waals surface area contributed by atoms with E-state index in [1.165, 1.54) is 22.3 Å². The Bertz CT molecular complexity index is 1370. The van der Waals surface area contributed by atoms with Gasteiger partial charge in [0.1, 0.15) is 0 Å². The molecule has 4 aromatic carbocycles. The third-order valence-corrected chi connectivity index (χ3v) is 7.39. The van der Waals surface area contributed by atoms with Gasteiger partial charge in [-0.05, 0) is 67.7 Å². The molecule has 37 heavy (non-hydrogen) atoms. The molecule has 0 bridgehead atoms. The Morgan fingerprint density at radius 3 is 1.68 bits per heavy atom. The number of amides is 1. The Morgan fingerprint density at radius 2 is 1.22 bits per heavy atom. The maximum atomic E-state index is 13.5. The Morgan fingerprint density at radius 1 is 0.730 bits per heavy atom. The monoisotopic (exact) mass is 483 g/mol. The quantitative estimate of drug-likeness (QED) is 0.207. The summed E-state index contributed by atoms with van der Waals surface area (Å²) in [7, 11) is 0. The van der Waals surface area contributed by atoms with Crippen LogP contribution in [0.4, 0.5) is 5.69 Å². The number of hydrogen-bond acceptors (Lipinski definition) is 1. The van der Waals surface area contributed by atoms with Crippen LogP contribution < -0.4 is 4.90 Å². The fraction of sp³-hybridized carbons (Fsp3) is 0.171. The van der Waals surface area contributed by atoms with Crippen molar-refractivity contribution in [2.45, 2.75) is 38.6 Å². The van der Waals surface area contributed by atoms with Crippen molar-refractivity contribution < 1.29 is 4.79 Å². The fourth-order valence-corrected chi connectivity index (χ4v) is 5.95. The highest BCUT2D eigenvalue weighted by Crippen LogP contribution is 2.48. The zero-order valence-electron chi connectivity index (χ0n) is 22.0. The molecular formula is C35H33NO. The van der Waals surface area contributed by atoms with Gasteiger partial charge in [-0.2, -0.15) is 0 Å². The van der Waals surface area contributed by atoms with Gasteiger partial charge in [-0.3, -0.25) is 9.69 Å². The third kappa shape index (κ3) is 4.13. The molecule has 1 heterocycles. The average molecular weight is 484 g/mol. The highest BCUT2D eigenvalue weighted by Gasteiger charge is 2.41. The van der Waals surface area contributed by atoms with Crippen LogP contribution in [0.1, 0.15) is 55.5 Å². The summed E-state index contributed by atoms with van der Waals surface area (Å²) in [5, 5.41) is 0. The van der Waals surface area contributed by atoms with Crippen LogP contribution in [0.3, 0.4) is 0 Å². The Kier molecular flexibility index (Phi) is 6.43. The van der Waals surface area contributed by atoms with E-state index in [1.807, 2.05) is 17.9 Å². The second-order valence-electron chi connectivity index (χ2n) is 10.2. The highest BCUT2D eigenvalue weighted by atomic mass is 16.2. The second kappa shape index (κ2) is 9.71. The first kappa shape index (κ1) is 24.5. The van der Waals surface area contributed by atoms with Crippen molar-refractivity contribution in [1.29, 1.82) is 0 Å². The fourth-order valence-electron chi connectivity index (χ4n) is 5.95. The van der Waals surface area contributed by atoms with E-state index in [-0.39, 0.29) is 5.91 Å². The van der Waals surface area contributed by atoms with Gasteiger partial charge in [-0.25, -0.2) is 0 Å². The average Bonchev–Trinajstić information content (AvgIpc) is 2.90. The van der Waals surface area contributed by atoms with E-state index in [4.69, 9.17) is 0 Å². The van der Waals surface area contributed by atoms with Gasteiger partial charge in [0.15, 0.2) is 0 Å². The molecule has 0 aliphatic carbocycles. The maximum absolute atomic E-state index is 13.5. The van der Waals surface area contributed by atoms with Crippen molar-refractivity contribution in [3.63, 3.8) is 0 Å². The summed E-state index contributed by atoms with van der Waals surface area (Å²) in [4.78, 5) is 15.4. The molecule has 4 aromatic rings. The lowest BCUT2D eigenvalue weighted by Gasteiger charge is -2.43. The summed E-state index contributed by atoms with van der Waals surface area (Å²) in [5.74, 6) is -0.0145. The predicted molar refractivity (Wildman–Crippen MR) is 155 cm³/mol. The van der Waals surface area contributed by atoms with E-state index < -0.39 is 11.0 Å². The summed E-state index contributed by atoms with van der Waals surface area (Å²) in [6.45, 7) is 8.23. The molecule has 1 aliphatic rings. The molecule has 2 heteroatoms. The normalized spacial score (nSPS) is 14.8. The number of hydrogen-bond donors (Lipinski definition) is 0. The first-order chi connectivity index (χ1) is 17.9. The first-order valence-corrected chi connectivity index (χ1v) is 12.9. The number of carbonyl (C=O) groups excluding carboxylic acids is 1. The minimum absolute atomic E-state index is 0.0145. The summed E-state index contributed by atoms with van der Waals surface area (Å²) >= 11 is 0. The highest BCUT2D eigenvalue weighted by molar-refractivity contribution is 6.06. The SMILES string of the molecule is CC=CC(=O)N1c2cc(C(c3ccccc3)(c3ccccc3)c3ccccc3)ccc2C(C)=CC1(C)C. The van der Waals surface area contributed by atoms with Gasteiger partial charge in [-0.1, -0.05) is 115 Å². The molecule has 5 rings (SSSR count). The van der Waals surface area contributed by atoms with Crippen LogP contribution in [0.15, 0.2) is 127 Å². The molecule has 0 radical (unpaired) electrons. The number of benzene rings is 4. The summed E-state index contributed by atoms with van der Waals surface area (Å²) < 4.78 is 0. The Hall–Kier alpha value is -4.17. The van der Waals surface area contributed by atoms with E-state index in [2.05, 4.69) is 136 Å². The van der Waals surface area contributed by atoms with Gasteiger partial charge in [0.25, 0.3) is 5.91 Å². The Balaban J connectivity index is 1.88. The summed E-state index contributed by atoms with van der Waals surface area (Å²) in [6, 6.07) is 38.7. The number of rotatable bonds is 5. The largest absolute Gasteiger partial charge is 0.299 e. The van der Waals surface area contributed by atoms with Crippen LogP contribution in [-0.2, 0) is 10.2 Å². The molecule has 0 fully saturated rings. The minimum Gasteiger partial charge on any atom is -0.299 e. The Labute approximate surface area is 220 Å². The minimum atomic E-state index is -0.562. The van der Waals surface area contributed by atoms with E-state index >= 15 is 0 Å². The number of anilines is 1. The zero-order chi connectivity index (χ0) is 26.0. The van der Waals surface area contributed by atoms with Gasteiger partial charge in [0, 0.05) is 5.56 Å². The van der Waals surface area contributed by atoms with E-state index in [0.717, 1.165) is 16.8 Å². The lowest BCUT2D eigenvalue weighted by atomic mass is 9.64. The van der Waals surface area contributed by atoms with E-state index in [1.54, 1.807) is 6.08 Å². The first-order valence-electron chi connectivity index (χ1n) is 12.9. The topological polar surface area (TPSA) is 20.3 Å². The molecule has 2 nitrogen and oxygen atoms in total. The van der Waals surface area contributed by atoms with Gasteiger partial charge < -0.3 is 0 Å². The standard InChI is InChI=1S/C35H33NO/c1-5-15-33(37)36-32-24-30(22-23-31(32)26(2)25-34(36,3)4)35(27-16-9-6-10-17-27,28-18-11-7-12-19-28)29-20-13-8-14-21-29/h5-25H,1-4H3. The van der Waals surface area contributed by atoms with Gasteiger partial charge >= 0.3 is 0 Å². The zero-order valence-corrected chi connectivity index (χ0v) is 22.0. The molecule has 0 atom stereocenters. The second-order valence-corrected chi connectivity index (χ2v) is 10.2. The smallest absolute Gasteiger partial charge is 0.251 e. The number of nitrogens with zero attached hydrogens (tertiary/aromatic N) is 1. The van der Waals surface area contributed by atoms with Crippen LogP contribution >= 0.6 is 0 Å². The van der Waals surface area contributed by atoms with Crippen LogP contribution in [0, 0.1) is 0 Å². The number of carbonyl (C=O) groups is 1. The van der Waals surface area contributed by atoms with Crippen LogP contribution in [0.2, 0.25) is 0 Å². The molecule has 0 saturated carbocycles. The maximum Gasteiger partial charge on any atom is 0.251 e. The van der Waals surface area contributed by atoms with Gasteiger partial charge in [0.2, 0.25) is 0 Å². The van der Waals surface area contributed by atoms with Crippen molar-refractivity contribution in [3.05, 3.63) is 155 Å². The third-order valence-electron chi connectivity index (χ3n) is 7.39. The molecule has 184 valence electrons. The molecule has 1 aliphatic heterocycles. The van der Waals surface area contributed by atoms with E-state index in [9.17, 15) is 4.79 Å². The molecule has 0 aromatic heterocycles.